The van der Waals surface area contributed by atoms with E-state index in [0.717, 1.165) is 44.3 Å². The number of hydrogen-bond acceptors (Lipinski definition) is 4. The van der Waals surface area contributed by atoms with E-state index in [-0.39, 0.29) is 11.7 Å². The fraction of sp³-hybridized carbons (Fsp3) is 0.688. The average Bonchev–Trinajstić information content (AvgIpc) is 3.23. The predicted molar refractivity (Wildman–Crippen MR) is 75.7 cm³/mol. The topological polar surface area (TPSA) is 34.6 Å². The summed E-state index contributed by atoms with van der Waals surface area (Å²) in [6.07, 6.45) is 6.87. The standard InChI is InChI=1S/C16H22N2O2/c1-2-7-17-15(3-1)20-14-6-8-19-16(9-14)11-18(12-16)10-13-4-5-13/h1-3,7,13-14H,4-6,8-12H2. The third-order valence-corrected chi connectivity index (χ3v) is 4.61. The van der Waals surface area contributed by atoms with E-state index in [0.29, 0.717) is 0 Å². The molecule has 2 saturated heterocycles. The Morgan fingerprint density at radius 2 is 2.20 bits per heavy atom. The molecule has 108 valence electrons. The van der Waals surface area contributed by atoms with Crippen LogP contribution in [0.1, 0.15) is 25.7 Å². The molecule has 0 amide bonds. The number of likely N-dealkylation sites (tertiary alicyclic amines) is 1. The van der Waals surface area contributed by atoms with Gasteiger partial charge in [-0.3, -0.25) is 4.90 Å². The van der Waals surface area contributed by atoms with Gasteiger partial charge in [0.05, 0.1) is 12.2 Å². The van der Waals surface area contributed by atoms with Crippen LogP contribution >= 0.6 is 0 Å². The van der Waals surface area contributed by atoms with Crippen molar-refractivity contribution in [3.63, 3.8) is 0 Å². The second kappa shape index (κ2) is 5.01. The molecule has 3 fully saturated rings. The predicted octanol–water partition coefficient (Wildman–Crippen LogP) is 2.10. The summed E-state index contributed by atoms with van der Waals surface area (Å²) in [6.45, 7) is 4.27. The third-order valence-electron chi connectivity index (χ3n) is 4.61. The lowest BCUT2D eigenvalue weighted by Gasteiger charge is -2.53. The minimum Gasteiger partial charge on any atom is -0.474 e. The molecule has 1 aliphatic carbocycles. The summed E-state index contributed by atoms with van der Waals surface area (Å²) >= 11 is 0. The molecule has 0 N–H and O–H groups in total. The number of nitrogens with zero attached hydrogens (tertiary/aromatic N) is 2. The highest BCUT2D eigenvalue weighted by Crippen LogP contribution is 2.38. The van der Waals surface area contributed by atoms with E-state index in [1.54, 1.807) is 6.20 Å². The molecule has 1 atom stereocenters. The van der Waals surface area contributed by atoms with Crippen LogP contribution in [-0.2, 0) is 4.74 Å². The number of rotatable bonds is 4. The molecular weight excluding hydrogens is 252 g/mol. The molecule has 1 spiro atoms. The minimum absolute atomic E-state index is 0.0621. The molecule has 1 aromatic rings. The van der Waals surface area contributed by atoms with Gasteiger partial charge in [-0.25, -0.2) is 4.98 Å². The lowest BCUT2D eigenvalue weighted by molar-refractivity contribution is -0.186. The zero-order valence-electron chi connectivity index (χ0n) is 11.8. The molecule has 3 heterocycles. The first kappa shape index (κ1) is 12.6. The minimum atomic E-state index is 0.0621. The normalized spacial score (nSPS) is 29.1. The lowest BCUT2D eigenvalue weighted by Crippen LogP contribution is -2.66. The average molecular weight is 274 g/mol. The summed E-state index contributed by atoms with van der Waals surface area (Å²) in [5.74, 6) is 1.71. The van der Waals surface area contributed by atoms with E-state index >= 15 is 0 Å². The first-order valence-electron chi connectivity index (χ1n) is 7.75. The van der Waals surface area contributed by atoms with Crippen molar-refractivity contribution >= 4 is 0 Å². The Hall–Kier alpha value is -1.13. The molecule has 1 aromatic heterocycles. The van der Waals surface area contributed by atoms with Gasteiger partial charge < -0.3 is 9.47 Å². The Morgan fingerprint density at radius 1 is 1.30 bits per heavy atom. The largest absolute Gasteiger partial charge is 0.474 e. The van der Waals surface area contributed by atoms with Crippen molar-refractivity contribution < 1.29 is 9.47 Å². The van der Waals surface area contributed by atoms with E-state index in [1.807, 2.05) is 18.2 Å². The molecule has 2 aliphatic heterocycles. The van der Waals surface area contributed by atoms with Gasteiger partial charge in [0.15, 0.2) is 0 Å². The van der Waals surface area contributed by atoms with Gasteiger partial charge in [0.1, 0.15) is 6.10 Å². The zero-order chi connectivity index (χ0) is 13.4. The van der Waals surface area contributed by atoms with Crippen LogP contribution in [0.25, 0.3) is 0 Å². The van der Waals surface area contributed by atoms with Crippen LogP contribution in [-0.4, -0.2) is 47.8 Å². The van der Waals surface area contributed by atoms with Crippen molar-refractivity contribution in [3.05, 3.63) is 24.4 Å². The molecule has 0 aromatic carbocycles. The highest BCUT2D eigenvalue weighted by Gasteiger charge is 2.48. The van der Waals surface area contributed by atoms with Crippen LogP contribution in [0.3, 0.4) is 0 Å². The van der Waals surface area contributed by atoms with Gasteiger partial charge in [-0.15, -0.1) is 0 Å². The second-order valence-electron chi connectivity index (χ2n) is 6.55. The maximum Gasteiger partial charge on any atom is 0.213 e. The summed E-state index contributed by atoms with van der Waals surface area (Å²) in [4.78, 5) is 6.80. The summed E-state index contributed by atoms with van der Waals surface area (Å²) < 4.78 is 12.1. The van der Waals surface area contributed by atoms with Gasteiger partial charge in [0, 0.05) is 44.7 Å². The van der Waals surface area contributed by atoms with Crippen molar-refractivity contribution in [3.8, 4) is 5.88 Å². The molecule has 4 rings (SSSR count). The fourth-order valence-electron chi connectivity index (χ4n) is 3.45. The van der Waals surface area contributed by atoms with Crippen molar-refractivity contribution in [2.24, 2.45) is 5.92 Å². The van der Waals surface area contributed by atoms with Crippen LogP contribution in [0.4, 0.5) is 0 Å². The molecular formula is C16H22N2O2. The fourth-order valence-corrected chi connectivity index (χ4v) is 3.45. The highest BCUT2D eigenvalue weighted by atomic mass is 16.5. The van der Waals surface area contributed by atoms with Gasteiger partial charge in [-0.05, 0) is 24.8 Å². The summed E-state index contributed by atoms with van der Waals surface area (Å²) in [7, 11) is 0. The smallest absolute Gasteiger partial charge is 0.213 e. The number of hydrogen-bond donors (Lipinski definition) is 0. The van der Waals surface area contributed by atoms with Gasteiger partial charge in [-0.2, -0.15) is 0 Å². The summed E-state index contributed by atoms with van der Waals surface area (Å²) in [5, 5.41) is 0. The SMILES string of the molecule is c1ccc(OC2CCOC3(C2)CN(CC2CC2)C3)nc1. The van der Waals surface area contributed by atoms with Crippen LogP contribution in [0, 0.1) is 5.92 Å². The summed E-state index contributed by atoms with van der Waals surface area (Å²) in [6, 6.07) is 5.82. The molecule has 4 nitrogen and oxygen atoms in total. The molecule has 1 unspecified atom stereocenters. The number of pyridine rings is 1. The van der Waals surface area contributed by atoms with E-state index in [2.05, 4.69) is 9.88 Å². The summed E-state index contributed by atoms with van der Waals surface area (Å²) in [5.41, 5.74) is 0.0621. The Kier molecular flexibility index (Phi) is 3.15. The molecule has 1 saturated carbocycles. The second-order valence-corrected chi connectivity index (χ2v) is 6.55. The van der Waals surface area contributed by atoms with Crippen LogP contribution in [0.15, 0.2) is 24.4 Å². The zero-order valence-corrected chi connectivity index (χ0v) is 11.8. The first-order chi connectivity index (χ1) is 9.81. The number of aromatic nitrogens is 1. The van der Waals surface area contributed by atoms with Crippen LogP contribution in [0.5, 0.6) is 5.88 Å². The highest BCUT2D eigenvalue weighted by molar-refractivity contribution is 5.11. The lowest BCUT2D eigenvalue weighted by atomic mass is 9.84. The van der Waals surface area contributed by atoms with E-state index in [1.165, 1.54) is 19.4 Å². The van der Waals surface area contributed by atoms with Crippen molar-refractivity contribution in [2.45, 2.75) is 37.4 Å². The maximum atomic E-state index is 6.06. The van der Waals surface area contributed by atoms with E-state index < -0.39 is 0 Å². The van der Waals surface area contributed by atoms with Crippen molar-refractivity contribution in [1.82, 2.24) is 9.88 Å². The van der Waals surface area contributed by atoms with Gasteiger partial charge in [-0.1, -0.05) is 6.07 Å². The number of ether oxygens (including phenoxy) is 2. The van der Waals surface area contributed by atoms with E-state index in [4.69, 9.17) is 9.47 Å². The molecule has 0 bridgehead atoms. The Balaban J connectivity index is 1.32. The van der Waals surface area contributed by atoms with Gasteiger partial charge >= 0.3 is 0 Å². The third kappa shape index (κ3) is 2.67. The Labute approximate surface area is 120 Å². The van der Waals surface area contributed by atoms with E-state index in [9.17, 15) is 0 Å². The molecule has 4 heteroatoms. The molecule has 3 aliphatic rings. The Bertz CT molecular complexity index is 455. The first-order valence-corrected chi connectivity index (χ1v) is 7.75. The molecule has 0 radical (unpaired) electrons. The molecule has 20 heavy (non-hydrogen) atoms. The quantitative estimate of drug-likeness (QED) is 0.842. The van der Waals surface area contributed by atoms with Crippen molar-refractivity contribution in [1.29, 1.82) is 0 Å². The maximum absolute atomic E-state index is 6.06. The van der Waals surface area contributed by atoms with Gasteiger partial charge in [0.2, 0.25) is 5.88 Å². The van der Waals surface area contributed by atoms with Crippen LogP contribution in [0.2, 0.25) is 0 Å². The van der Waals surface area contributed by atoms with Crippen molar-refractivity contribution in [2.75, 3.05) is 26.2 Å². The van der Waals surface area contributed by atoms with Gasteiger partial charge in [0.25, 0.3) is 0 Å². The van der Waals surface area contributed by atoms with Crippen LogP contribution < -0.4 is 4.74 Å². The monoisotopic (exact) mass is 274 g/mol. The Morgan fingerprint density at radius 3 is 2.95 bits per heavy atom.